The van der Waals surface area contributed by atoms with Gasteiger partial charge in [-0.3, -0.25) is 4.79 Å². The largest absolute Gasteiger partial charge is 0.335 e. The van der Waals surface area contributed by atoms with Crippen LogP contribution in [0.25, 0.3) is 0 Å². The standard InChI is InChI=1S/C11H15ClN4O/c1-7-3-2-6-16(7)11(17)10-8(12)4-5-9(14-10)15-13/h4-5,7H,2-3,6,13H2,1H3,(H,14,15). The Morgan fingerprint density at radius 1 is 1.65 bits per heavy atom. The zero-order chi connectivity index (χ0) is 12.4. The predicted molar refractivity (Wildman–Crippen MR) is 66.8 cm³/mol. The Hall–Kier alpha value is -1.33. The van der Waals surface area contributed by atoms with Crippen molar-refractivity contribution in [3.05, 3.63) is 22.8 Å². The van der Waals surface area contributed by atoms with Gasteiger partial charge >= 0.3 is 0 Å². The highest BCUT2D eigenvalue weighted by atomic mass is 35.5. The second-order valence-corrected chi connectivity index (χ2v) is 4.57. The predicted octanol–water partition coefficient (Wildman–Crippen LogP) is 1.65. The van der Waals surface area contributed by atoms with Crippen LogP contribution in [0.4, 0.5) is 5.82 Å². The molecule has 1 saturated heterocycles. The first-order chi connectivity index (χ1) is 8.13. The van der Waals surface area contributed by atoms with E-state index in [1.54, 1.807) is 17.0 Å². The number of pyridine rings is 1. The molecular weight excluding hydrogens is 240 g/mol. The molecule has 1 amide bonds. The van der Waals surface area contributed by atoms with Crippen molar-refractivity contribution in [1.29, 1.82) is 0 Å². The van der Waals surface area contributed by atoms with Gasteiger partial charge in [-0.25, -0.2) is 10.8 Å². The first-order valence-corrected chi connectivity index (χ1v) is 5.95. The van der Waals surface area contributed by atoms with Crippen LogP contribution in [0.1, 0.15) is 30.3 Å². The number of amides is 1. The smallest absolute Gasteiger partial charge is 0.274 e. The lowest BCUT2D eigenvalue weighted by molar-refractivity contribution is 0.0742. The number of carbonyl (C=O) groups excluding carboxylic acids is 1. The van der Waals surface area contributed by atoms with Crippen molar-refractivity contribution < 1.29 is 4.79 Å². The Balaban J connectivity index is 2.29. The Labute approximate surface area is 105 Å². The van der Waals surface area contributed by atoms with Crippen molar-refractivity contribution >= 4 is 23.3 Å². The Kier molecular flexibility index (Phi) is 3.49. The molecule has 17 heavy (non-hydrogen) atoms. The molecule has 1 aliphatic rings. The van der Waals surface area contributed by atoms with E-state index < -0.39 is 0 Å². The number of nitrogens with zero attached hydrogens (tertiary/aromatic N) is 2. The minimum Gasteiger partial charge on any atom is -0.335 e. The van der Waals surface area contributed by atoms with E-state index in [0.29, 0.717) is 10.8 Å². The number of nitrogen functional groups attached to an aromatic ring is 1. The fraction of sp³-hybridized carbons (Fsp3) is 0.455. The second-order valence-electron chi connectivity index (χ2n) is 4.16. The number of hydrogen-bond donors (Lipinski definition) is 2. The lowest BCUT2D eigenvalue weighted by Gasteiger charge is -2.21. The van der Waals surface area contributed by atoms with Crippen molar-refractivity contribution in [1.82, 2.24) is 9.88 Å². The summed E-state index contributed by atoms with van der Waals surface area (Å²) in [5.41, 5.74) is 2.67. The minimum absolute atomic E-state index is 0.128. The maximum absolute atomic E-state index is 12.3. The van der Waals surface area contributed by atoms with Gasteiger partial charge in [0.2, 0.25) is 0 Å². The summed E-state index contributed by atoms with van der Waals surface area (Å²) >= 11 is 6.00. The molecule has 2 heterocycles. The third kappa shape index (κ3) is 2.35. The summed E-state index contributed by atoms with van der Waals surface area (Å²) in [7, 11) is 0. The average molecular weight is 255 g/mol. The van der Waals surface area contributed by atoms with Gasteiger partial charge in [0.15, 0.2) is 0 Å². The van der Waals surface area contributed by atoms with E-state index in [-0.39, 0.29) is 17.6 Å². The second kappa shape index (κ2) is 4.89. The summed E-state index contributed by atoms with van der Waals surface area (Å²) in [6.45, 7) is 2.79. The van der Waals surface area contributed by atoms with Crippen molar-refractivity contribution in [2.45, 2.75) is 25.8 Å². The molecule has 3 N–H and O–H groups in total. The first kappa shape index (κ1) is 12.1. The van der Waals surface area contributed by atoms with Crippen LogP contribution < -0.4 is 11.3 Å². The molecule has 1 aromatic rings. The molecule has 2 rings (SSSR count). The molecule has 5 nitrogen and oxygen atoms in total. The molecule has 6 heteroatoms. The highest BCUT2D eigenvalue weighted by molar-refractivity contribution is 6.33. The number of aromatic nitrogens is 1. The number of halogens is 1. The number of nitrogens with one attached hydrogen (secondary N) is 1. The van der Waals surface area contributed by atoms with Gasteiger partial charge in [0.1, 0.15) is 11.5 Å². The van der Waals surface area contributed by atoms with E-state index in [9.17, 15) is 4.79 Å². The van der Waals surface area contributed by atoms with Gasteiger partial charge in [0, 0.05) is 12.6 Å². The molecule has 0 aromatic carbocycles. The molecule has 1 fully saturated rings. The number of hydrogen-bond acceptors (Lipinski definition) is 4. The van der Waals surface area contributed by atoms with E-state index in [0.717, 1.165) is 19.4 Å². The third-order valence-electron chi connectivity index (χ3n) is 3.01. The Morgan fingerprint density at radius 2 is 2.41 bits per heavy atom. The molecule has 0 saturated carbocycles. The van der Waals surface area contributed by atoms with Crippen LogP contribution >= 0.6 is 11.6 Å². The Bertz CT molecular complexity index is 437. The molecule has 1 unspecified atom stereocenters. The van der Waals surface area contributed by atoms with Crippen LogP contribution in [0.3, 0.4) is 0 Å². The third-order valence-corrected chi connectivity index (χ3v) is 3.32. The molecular formula is C11H15ClN4O. The molecule has 1 aromatic heterocycles. The van der Waals surface area contributed by atoms with Gasteiger partial charge in [-0.1, -0.05) is 11.6 Å². The topological polar surface area (TPSA) is 71.2 Å². The molecule has 1 atom stereocenters. The van der Waals surface area contributed by atoms with Gasteiger partial charge in [-0.05, 0) is 31.9 Å². The van der Waals surface area contributed by atoms with Crippen LogP contribution in [-0.4, -0.2) is 28.4 Å². The van der Waals surface area contributed by atoms with Crippen LogP contribution in [0.15, 0.2) is 12.1 Å². The summed E-state index contributed by atoms with van der Waals surface area (Å²) in [6.07, 6.45) is 2.05. The number of rotatable bonds is 2. The van der Waals surface area contributed by atoms with Crippen molar-refractivity contribution in [2.24, 2.45) is 5.84 Å². The number of likely N-dealkylation sites (tertiary alicyclic amines) is 1. The van der Waals surface area contributed by atoms with Gasteiger partial charge in [0.25, 0.3) is 5.91 Å². The highest BCUT2D eigenvalue weighted by Crippen LogP contribution is 2.23. The van der Waals surface area contributed by atoms with Gasteiger partial charge < -0.3 is 10.3 Å². The van der Waals surface area contributed by atoms with Crippen LogP contribution in [0.2, 0.25) is 5.02 Å². The molecule has 0 bridgehead atoms. The summed E-state index contributed by atoms with van der Waals surface area (Å²) in [4.78, 5) is 18.2. The normalized spacial score (nSPS) is 19.5. The number of hydrazine groups is 1. The maximum atomic E-state index is 12.3. The fourth-order valence-electron chi connectivity index (χ4n) is 2.04. The van der Waals surface area contributed by atoms with Crippen LogP contribution in [-0.2, 0) is 0 Å². The van der Waals surface area contributed by atoms with E-state index in [2.05, 4.69) is 10.4 Å². The number of carbonyl (C=O) groups is 1. The maximum Gasteiger partial charge on any atom is 0.274 e. The zero-order valence-electron chi connectivity index (χ0n) is 9.61. The SMILES string of the molecule is CC1CCCN1C(=O)c1nc(NN)ccc1Cl. The number of nitrogens with two attached hydrogens (primary N) is 1. The average Bonchev–Trinajstić information content (AvgIpc) is 2.75. The van der Waals surface area contributed by atoms with E-state index >= 15 is 0 Å². The minimum atomic E-state index is -0.128. The van der Waals surface area contributed by atoms with Crippen LogP contribution in [0, 0.1) is 0 Å². The monoisotopic (exact) mass is 254 g/mol. The molecule has 0 spiro atoms. The summed E-state index contributed by atoms with van der Waals surface area (Å²) < 4.78 is 0. The van der Waals surface area contributed by atoms with Gasteiger partial charge in [-0.15, -0.1) is 0 Å². The van der Waals surface area contributed by atoms with E-state index in [1.165, 1.54) is 0 Å². The van der Waals surface area contributed by atoms with Crippen molar-refractivity contribution in [2.75, 3.05) is 12.0 Å². The van der Waals surface area contributed by atoms with E-state index in [1.807, 2.05) is 6.92 Å². The molecule has 0 radical (unpaired) electrons. The lowest BCUT2D eigenvalue weighted by Crippen LogP contribution is -2.34. The summed E-state index contributed by atoms with van der Waals surface area (Å²) in [6, 6.07) is 3.50. The summed E-state index contributed by atoms with van der Waals surface area (Å²) in [5.74, 6) is 5.58. The highest BCUT2D eigenvalue weighted by Gasteiger charge is 2.28. The lowest BCUT2D eigenvalue weighted by atomic mass is 10.2. The van der Waals surface area contributed by atoms with Crippen LogP contribution in [0.5, 0.6) is 0 Å². The fourth-order valence-corrected chi connectivity index (χ4v) is 2.23. The van der Waals surface area contributed by atoms with E-state index in [4.69, 9.17) is 17.4 Å². The molecule has 1 aliphatic heterocycles. The Morgan fingerprint density at radius 3 is 3.00 bits per heavy atom. The van der Waals surface area contributed by atoms with Crippen molar-refractivity contribution in [3.8, 4) is 0 Å². The first-order valence-electron chi connectivity index (χ1n) is 5.57. The zero-order valence-corrected chi connectivity index (χ0v) is 10.4. The quantitative estimate of drug-likeness (QED) is 0.622. The van der Waals surface area contributed by atoms with Crippen molar-refractivity contribution in [3.63, 3.8) is 0 Å². The molecule has 0 aliphatic carbocycles. The summed E-state index contributed by atoms with van der Waals surface area (Å²) in [5, 5.41) is 0.355. The molecule has 92 valence electrons. The van der Waals surface area contributed by atoms with Gasteiger partial charge in [-0.2, -0.15) is 0 Å². The number of anilines is 1. The van der Waals surface area contributed by atoms with Gasteiger partial charge in [0.05, 0.1) is 5.02 Å².